The number of aromatic nitrogens is 4. The normalized spacial score (nSPS) is 11.2. The van der Waals surface area contributed by atoms with Crippen molar-refractivity contribution in [3.8, 4) is 11.5 Å². The number of aryl methyl sites for hydroxylation is 2. The summed E-state index contributed by atoms with van der Waals surface area (Å²) in [4.78, 5) is 9.65. The molecule has 0 spiro atoms. The number of ether oxygens (including phenoxy) is 2. The van der Waals surface area contributed by atoms with Crippen molar-refractivity contribution in [2.24, 2.45) is 0 Å². The number of nitrogens with zero attached hydrogens (tertiary/aromatic N) is 3. The largest absolute Gasteiger partial charge is 0.497 e. The van der Waals surface area contributed by atoms with E-state index >= 15 is 0 Å². The van der Waals surface area contributed by atoms with Crippen molar-refractivity contribution in [2.75, 3.05) is 26.1 Å². The molecule has 0 unspecified atom stereocenters. The van der Waals surface area contributed by atoms with Crippen molar-refractivity contribution in [1.82, 2.24) is 20.2 Å². The quantitative estimate of drug-likeness (QED) is 0.282. The summed E-state index contributed by atoms with van der Waals surface area (Å²) in [7, 11) is 3.31. The van der Waals surface area contributed by atoms with E-state index in [2.05, 4.69) is 22.4 Å². The molecule has 2 aromatic heterocycles. The fourth-order valence-corrected chi connectivity index (χ4v) is 3.86. The van der Waals surface area contributed by atoms with E-state index in [4.69, 9.17) is 24.5 Å². The molecule has 1 aromatic carbocycles. The van der Waals surface area contributed by atoms with Crippen molar-refractivity contribution in [3.05, 3.63) is 35.3 Å². The maximum atomic E-state index is 8.93. The molecule has 33 heavy (non-hydrogen) atoms. The minimum Gasteiger partial charge on any atom is -0.497 e. The van der Waals surface area contributed by atoms with Crippen molar-refractivity contribution in [1.29, 1.82) is 0 Å². The Morgan fingerprint density at radius 3 is 2.52 bits per heavy atom. The lowest BCUT2D eigenvalue weighted by molar-refractivity contribution is 0.282. The SMILES string of the molecule is CCCCc1nc(NCc2ccc(OC)cc2OC)c2n[nH]c(CCCCCCCO)c2n1. The van der Waals surface area contributed by atoms with Gasteiger partial charge in [0.1, 0.15) is 22.8 Å². The molecule has 180 valence electrons. The highest BCUT2D eigenvalue weighted by atomic mass is 16.5. The van der Waals surface area contributed by atoms with Crippen LogP contribution in [0.2, 0.25) is 0 Å². The Morgan fingerprint density at radius 2 is 1.76 bits per heavy atom. The molecule has 3 rings (SSSR count). The fourth-order valence-electron chi connectivity index (χ4n) is 3.86. The summed E-state index contributed by atoms with van der Waals surface area (Å²) in [5.41, 5.74) is 3.77. The van der Waals surface area contributed by atoms with Gasteiger partial charge >= 0.3 is 0 Å². The van der Waals surface area contributed by atoms with Crippen molar-refractivity contribution < 1.29 is 14.6 Å². The zero-order chi connectivity index (χ0) is 23.5. The van der Waals surface area contributed by atoms with E-state index in [1.54, 1.807) is 14.2 Å². The van der Waals surface area contributed by atoms with E-state index in [1.165, 1.54) is 0 Å². The van der Waals surface area contributed by atoms with Crippen LogP contribution in [0.15, 0.2) is 18.2 Å². The van der Waals surface area contributed by atoms with Crippen LogP contribution in [-0.4, -0.2) is 46.1 Å². The van der Waals surface area contributed by atoms with Crippen LogP contribution >= 0.6 is 0 Å². The molecule has 0 bridgehead atoms. The summed E-state index contributed by atoms with van der Waals surface area (Å²) in [5.74, 6) is 3.12. The van der Waals surface area contributed by atoms with Crippen LogP contribution in [0.1, 0.15) is 69.0 Å². The molecule has 0 aliphatic rings. The highest BCUT2D eigenvalue weighted by Gasteiger charge is 2.15. The molecule has 3 aromatic rings. The first-order valence-electron chi connectivity index (χ1n) is 12.0. The van der Waals surface area contributed by atoms with Crippen LogP contribution in [0.3, 0.4) is 0 Å². The average molecular weight is 456 g/mol. The molecular weight excluding hydrogens is 418 g/mol. The molecule has 0 saturated carbocycles. The molecule has 2 heterocycles. The molecule has 0 aliphatic carbocycles. The van der Waals surface area contributed by atoms with E-state index < -0.39 is 0 Å². The van der Waals surface area contributed by atoms with Crippen LogP contribution in [0.5, 0.6) is 11.5 Å². The van der Waals surface area contributed by atoms with E-state index in [-0.39, 0.29) is 6.61 Å². The summed E-state index contributed by atoms with van der Waals surface area (Å²) in [6, 6.07) is 5.80. The Labute approximate surface area is 196 Å². The van der Waals surface area contributed by atoms with Gasteiger partial charge in [-0.3, -0.25) is 5.10 Å². The van der Waals surface area contributed by atoms with E-state index in [0.717, 1.165) is 103 Å². The van der Waals surface area contributed by atoms with Crippen LogP contribution in [0, 0.1) is 0 Å². The standard InChI is InChI=1S/C25H37N5O3/c1-4-5-12-22-27-23-20(11-9-7-6-8-10-15-31)29-30-24(23)25(28-22)26-17-18-13-14-19(32-2)16-21(18)33-3/h13-14,16,31H,4-12,15,17H2,1-3H3,(H,29,30)(H,26,27,28). The predicted molar refractivity (Wildman–Crippen MR) is 131 cm³/mol. The van der Waals surface area contributed by atoms with Gasteiger partial charge in [-0.15, -0.1) is 0 Å². The van der Waals surface area contributed by atoms with Gasteiger partial charge in [0.05, 0.1) is 19.9 Å². The Morgan fingerprint density at radius 1 is 0.939 bits per heavy atom. The van der Waals surface area contributed by atoms with Crippen LogP contribution in [0.4, 0.5) is 5.82 Å². The molecule has 8 nitrogen and oxygen atoms in total. The maximum absolute atomic E-state index is 8.93. The van der Waals surface area contributed by atoms with E-state index in [0.29, 0.717) is 6.54 Å². The van der Waals surface area contributed by atoms with Gasteiger partial charge in [-0.1, -0.05) is 32.6 Å². The number of rotatable bonds is 15. The third-order valence-electron chi connectivity index (χ3n) is 5.80. The van der Waals surface area contributed by atoms with Gasteiger partial charge in [-0.2, -0.15) is 5.10 Å². The van der Waals surface area contributed by atoms with Gasteiger partial charge in [0.2, 0.25) is 0 Å². The number of hydrogen-bond donors (Lipinski definition) is 3. The lowest BCUT2D eigenvalue weighted by atomic mass is 10.1. The lowest BCUT2D eigenvalue weighted by Gasteiger charge is -2.12. The Kier molecular flexibility index (Phi) is 9.75. The number of methoxy groups -OCH3 is 2. The fraction of sp³-hybridized carbons (Fsp3) is 0.560. The predicted octanol–water partition coefficient (Wildman–Crippen LogP) is 4.81. The number of H-pyrrole nitrogens is 1. The van der Waals surface area contributed by atoms with E-state index in [1.807, 2.05) is 18.2 Å². The molecular formula is C25H37N5O3. The number of aliphatic hydroxyl groups excluding tert-OH is 1. The first-order valence-corrected chi connectivity index (χ1v) is 12.0. The number of nitrogens with one attached hydrogen (secondary N) is 2. The molecule has 8 heteroatoms. The topological polar surface area (TPSA) is 105 Å². The smallest absolute Gasteiger partial charge is 0.158 e. The third kappa shape index (κ3) is 6.81. The number of unbranched alkanes of at least 4 members (excludes halogenated alkanes) is 5. The van der Waals surface area contributed by atoms with Gasteiger partial charge in [-0.05, 0) is 37.8 Å². The Hall–Kier alpha value is -2.87. The second kappa shape index (κ2) is 13.0. The van der Waals surface area contributed by atoms with Gasteiger partial charge in [0, 0.05) is 31.2 Å². The number of benzene rings is 1. The highest BCUT2D eigenvalue weighted by Crippen LogP contribution is 2.27. The molecule has 0 aliphatic heterocycles. The summed E-state index contributed by atoms with van der Waals surface area (Å²) in [6.07, 6.45) is 9.21. The van der Waals surface area contributed by atoms with E-state index in [9.17, 15) is 0 Å². The number of anilines is 1. The number of fused-ring (bicyclic) bond motifs is 1. The first-order chi connectivity index (χ1) is 16.2. The average Bonchev–Trinajstić information content (AvgIpc) is 3.26. The molecule has 0 amide bonds. The molecule has 0 atom stereocenters. The van der Waals surface area contributed by atoms with Crippen molar-refractivity contribution in [2.45, 2.75) is 71.3 Å². The third-order valence-corrected chi connectivity index (χ3v) is 5.80. The van der Waals surface area contributed by atoms with Crippen molar-refractivity contribution in [3.63, 3.8) is 0 Å². The minimum atomic E-state index is 0.279. The maximum Gasteiger partial charge on any atom is 0.158 e. The van der Waals surface area contributed by atoms with Crippen molar-refractivity contribution >= 4 is 16.9 Å². The summed E-state index contributed by atoms with van der Waals surface area (Å²) < 4.78 is 10.8. The van der Waals surface area contributed by atoms with Gasteiger partial charge in [0.15, 0.2) is 11.3 Å². The Balaban J connectivity index is 1.78. The number of aliphatic hydroxyl groups is 1. The van der Waals surface area contributed by atoms with Gasteiger partial charge in [0.25, 0.3) is 0 Å². The minimum absolute atomic E-state index is 0.279. The number of hydrogen-bond acceptors (Lipinski definition) is 7. The number of aromatic amines is 1. The second-order valence-electron chi connectivity index (χ2n) is 8.26. The monoisotopic (exact) mass is 455 g/mol. The van der Waals surface area contributed by atoms with Crippen LogP contribution < -0.4 is 14.8 Å². The zero-order valence-electron chi connectivity index (χ0n) is 20.1. The highest BCUT2D eigenvalue weighted by molar-refractivity contribution is 5.87. The van der Waals surface area contributed by atoms with Crippen LogP contribution in [0.25, 0.3) is 11.0 Å². The molecule has 0 fully saturated rings. The van der Waals surface area contributed by atoms with Crippen LogP contribution in [-0.2, 0) is 19.4 Å². The van der Waals surface area contributed by atoms with Gasteiger partial charge in [-0.25, -0.2) is 9.97 Å². The summed E-state index contributed by atoms with van der Waals surface area (Å²) in [6.45, 7) is 3.01. The molecule has 0 radical (unpaired) electrons. The second-order valence-corrected chi connectivity index (χ2v) is 8.26. The molecule has 0 saturated heterocycles. The lowest BCUT2D eigenvalue weighted by Crippen LogP contribution is -2.07. The summed E-state index contributed by atoms with van der Waals surface area (Å²) in [5, 5.41) is 20.1. The Bertz CT molecular complexity index is 1010. The van der Waals surface area contributed by atoms with Gasteiger partial charge < -0.3 is 19.9 Å². The first kappa shape index (κ1) is 24.8. The molecule has 3 N–H and O–H groups in total. The summed E-state index contributed by atoms with van der Waals surface area (Å²) >= 11 is 0. The zero-order valence-corrected chi connectivity index (χ0v) is 20.1.